The fourth-order valence-corrected chi connectivity index (χ4v) is 3.28. The molecule has 8 nitrogen and oxygen atoms in total. The highest BCUT2D eigenvalue weighted by atomic mass is 35.5. The molecule has 1 heterocycles. The van der Waals surface area contributed by atoms with Crippen LogP contribution in [-0.2, 0) is 6.54 Å². The van der Waals surface area contributed by atoms with Crippen molar-refractivity contribution < 1.29 is 19.4 Å². The van der Waals surface area contributed by atoms with E-state index in [4.69, 9.17) is 21.1 Å². The minimum atomic E-state index is -0.854. The van der Waals surface area contributed by atoms with Gasteiger partial charge in [-0.15, -0.1) is 0 Å². The number of benzene rings is 2. The molecule has 3 aromatic rings. The number of ether oxygens (including phenoxy) is 2. The number of hydrogen-bond donors (Lipinski definition) is 2. The highest BCUT2D eigenvalue weighted by molar-refractivity contribution is 6.31. The molecule has 0 saturated heterocycles. The number of nitrogens with one attached hydrogen (secondary N) is 1. The summed E-state index contributed by atoms with van der Waals surface area (Å²) in [6.45, 7) is 2.09. The number of aromatic hydroxyl groups is 1. The lowest BCUT2D eigenvalue weighted by atomic mass is 10.1. The van der Waals surface area contributed by atoms with Crippen molar-refractivity contribution in [2.24, 2.45) is 0 Å². The van der Waals surface area contributed by atoms with E-state index in [1.54, 1.807) is 31.3 Å². The maximum absolute atomic E-state index is 13.0. The zero-order valence-corrected chi connectivity index (χ0v) is 18.3. The van der Waals surface area contributed by atoms with E-state index in [0.29, 0.717) is 22.1 Å². The van der Waals surface area contributed by atoms with Crippen LogP contribution in [0.5, 0.6) is 17.2 Å². The molecule has 0 bridgehead atoms. The first kappa shape index (κ1) is 22.2. The van der Waals surface area contributed by atoms with Gasteiger partial charge in [-0.3, -0.25) is 9.59 Å². The molecule has 31 heavy (non-hydrogen) atoms. The number of aromatic amines is 1. The molecule has 9 heteroatoms. The second-order valence-electron chi connectivity index (χ2n) is 6.89. The molecule has 0 aliphatic carbocycles. The topological polar surface area (TPSA) is 105 Å². The second kappa shape index (κ2) is 9.09. The van der Waals surface area contributed by atoms with E-state index in [1.165, 1.54) is 19.1 Å². The highest BCUT2D eigenvalue weighted by Crippen LogP contribution is 2.36. The number of aryl methyl sites for hydroxylation is 1. The zero-order valence-electron chi connectivity index (χ0n) is 17.5. The Hall–Kier alpha value is -3.52. The van der Waals surface area contributed by atoms with Gasteiger partial charge in [0.2, 0.25) is 5.75 Å². The summed E-state index contributed by atoms with van der Waals surface area (Å²) in [6.07, 6.45) is 0. The van der Waals surface area contributed by atoms with Crippen LogP contribution < -0.4 is 15.0 Å². The Labute approximate surface area is 184 Å². The van der Waals surface area contributed by atoms with Gasteiger partial charge in [0.15, 0.2) is 5.69 Å². The van der Waals surface area contributed by atoms with Crippen LogP contribution >= 0.6 is 11.6 Å². The van der Waals surface area contributed by atoms with Crippen molar-refractivity contribution >= 4 is 17.5 Å². The number of rotatable bonds is 6. The molecule has 162 valence electrons. The Morgan fingerprint density at radius 3 is 2.42 bits per heavy atom. The van der Waals surface area contributed by atoms with Gasteiger partial charge in [-0.2, -0.15) is 0 Å². The number of H-pyrrole nitrogens is 1. The van der Waals surface area contributed by atoms with Crippen molar-refractivity contribution in [1.29, 1.82) is 0 Å². The standard InChI is InChI=1S/C22H22ClN3O5/c1-12-8-9-13(10-14(12)23)11-26(2)22(29)18-19(27)21(28)25-20(24-18)17-15(30-3)6-5-7-16(17)31-4/h5-10,27H,11H2,1-4H3,(H,24,25,28). The van der Waals surface area contributed by atoms with Crippen LogP contribution in [0.4, 0.5) is 0 Å². The van der Waals surface area contributed by atoms with Crippen LogP contribution in [0.3, 0.4) is 0 Å². The van der Waals surface area contributed by atoms with E-state index in [-0.39, 0.29) is 18.1 Å². The van der Waals surface area contributed by atoms with Crippen LogP contribution in [0.15, 0.2) is 41.2 Å². The Morgan fingerprint density at radius 2 is 1.84 bits per heavy atom. The third kappa shape index (κ3) is 4.49. The number of carbonyl (C=O) groups is 1. The molecule has 0 aliphatic heterocycles. The van der Waals surface area contributed by atoms with Crippen LogP contribution in [0.2, 0.25) is 5.02 Å². The van der Waals surface area contributed by atoms with Crippen molar-refractivity contribution in [2.75, 3.05) is 21.3 Å². The maximum Gasteiger partial charge on any atom is 0.294 e. The monoisotopic (exact) mass is 443 g/mol. The van der Waals surface area contributed by atoms with Gasteiger partial charge in [-0.05, 0) is 36.2 Å². The van der Waals surface area contributed by atoms with Gasteiger partial charge in [0.25, 0.3) is 11.5 Å². The number of carbonyl (C=O) groups excluding carboxylic acids is 1. The third-order valence-corrected chi connectivity index (χ3v) is 5.17. The Bertz CT molecular complexity index is 1170. The van der Waals surface area contributed by atoms with Gasteiger partial charge in [0.05, 0.1) is 14.2 Å². The maximum atomic E-state index is 13.0. The number of aromatic nitrogens is 2. The molecule has 0 radical (unpaired) electrons. The summed E-state index contributed by atoms with van der Waals surface area (Å²) in [7, 11) is 4.47. The fourth-order valence-electron chi connectivity index (χ4n) is 3.08. The lowest BCUT2D eigenvalue weighted by Gasteiger charge is -2.18. The summed E-state index contributed by atoms with van der Waals surface area (Å²) < 4.78 is 10.7. The van der Waals surface area contributed by atoms with Gasteiger partial charge in [0.1, 0.15) is 22.9 Å². The predicted molar refractivity (Wildman–Crippen MR) is 117 cm³/mol. The second-order valence-corrected chi connectivity index (χ2v) is 7.30. The first-order valence-electron chi connectivity index (χ1n) is 9.32. The largest absolute Gasteiger partial charge is 0.501 e. The summed E-state index contributed by atoms with van der Waals surface area (Å²) in [6, 6.07) is 10.5. The number of nitrogens with zero attached hydrogens (tertiary/aromatic N) is 2. The van der Waals surface area contributed by atoms with E-state index < -0.39 is 17.2 Å². The lowest BCUT2D eigenvalue weighted by Crippen LogP contribution is -2.29. The molecule has 1 amide bonds. The third-order valence-electron chi connectivity index (χ3n) is 4.76. The quantitative estimate of drug-likeness (QED) is 0.605. The van der Waals surface area contributed by atoms with Crippen molar-refractivity contribution in [2.45, 2.75) is 13.5 Å². The molecule has 0 atom stereocenters. The molecule has 0 spiro atoms. The minimum Gasteiger partial charge on any atom is -0.501 e. The molecule has 1 aromatic heterocycles. The number of methoxy groups -OCH3 is 2. The number of amides is 1. The summed E-state index contributed by atoms with van der Waals surface area (Å²) in [4.78, 5) is 33.5. The van der Waals surface area contributed by atoms with Gasteiger partial charge in [-0.1, -0.05) is 29.8 Å². The molecule has 2 N–H and O–H groups in total. The van der Waals surface area contributed by atoms with Crippen LogP contribution in [0.1, 0.15) is 21.6 Å². The molecular weight excluding hydrogens is 422 g/mol. The van der Waals surface area contributed by atoms with Crippen molar-refractivity contribution in [3.05, 3.63) is 68.6 Å². The summed E-state index contributed by atoms with van der Waals surface area (Å²) >= 11 is 6.16. The summed E-state index contributed by atoms with van der Waals surface area (Å²) in [5.74, 6) is -0.595. The van der Waals surface area contributed by atoms with E-state index >= 15 is 0 Å². The minimum absolute atomic E-state index is 0.0345. The van der Waals surface area contributed by atoms with Crippen LogP contribution in [-0.4, -0.2) is 47.1 Å². The van der Waals surface area contributed by atoms with Crippen LogP contribution in [0, 0.1) is 6.92 Å². The smallest absolute Gasteiger partial charge is 0.294 e. The molecule has 0 aliphatic rings. The molecule has 2 aromatic carbocycles. The average Bonchev–Trinajstić information content (AvgIpc) is 2.76. The Kier molecular flexibility index (Phi) is 6.50. The Balaban J connectivity index is 2.02. The van der Waals surface area contributed by atoms with Gasteiger partial charge in [-0.25, -0.2) is 4.98 Å². The molecule has 0 unspecified atom stereocenters. The zero-order chi connectivity index (χ0) is 22.7. The summed E-state index contributed by atoms with van der Waals surface area (Å²) in [5.41, 5.74) is 0.832. The predicted octanol–water partition coefficient (Wildman–Crippen LogP) is 3.39. The van der Waals surface area contributed by atoms with Crippen molar-refractivity contribution in [3.63, 3.8) is 0 Å². The lowest BCUT2D eigenvalue weighted by molar-refractivity contribution is 0.0775. The van der Waals surface area contributed by atoms with E-state index in [0.717, 1.165) is 11.1 Å². The molecular formula is C22H22ClN3O5. The first-order chi connectivity index (χ1) is 14.8. The molecule has 0 saturated carbocycles. The van der Waals surface area contributed by atoms with Crippen molar-refractivity contribution in [3.8, 4) is 28.6 Å². The van der Waals surface area contributed by atoms with Gasteiger partial charge >= 0.3 is 0 Å². The van der Waals surface area contributed by atoms with Gasteiger partial charge < -0.3 is 24.5 Å². The van der Waals surface area contributed by atoms with E-state index in [1.807, 2.05) is 19.1 Å². The fraction of sp³-hybridized carbons (Fsp3) is 0.227. The Morgan fingerprint density at radius 1 is 1.19 bits per heavy atom. The summed E-state index contributed by atoms with van der Waals surface area (Å²) in [5, 5.41) is 10.8. The molecule has 3 rings (SSSR count). The SMILES string of the molecule is COc1cccc(OC)c1-c1nc(C(=O)N(C)Cc2ccc(C)c(Cl)c2)c(O)c(=O)[nH]1. The van der Waals surface area contributed by atoms with Gasteiger partial charge in [0, 0.05) is 18.6 Å². The highest BCUT2D eigenvalue weighted by Gasteiger charge is 2.24. The number of hydrogen-bond acceptors (Lipinski definition) is 6. The average molecular weight is 444 g/mol. The normalized spacial score (nSPS) is 10.6. The van der Waals surface area contributed by atoms with Crippen LogP contribution in [0.25, 0.3) is 11.4 Å². The van der Waals surface area contributed by atoms with Crippen molar-refractivity contribution in [1.82, 2.24) is 14.9 Å². The van der Waals surface area contributed by atoms with E-state index in [9.17, 15) is 14.7 Å². The van der Waals surface area contributed by atoms with E-state index in [2.05, 4.69) is 9.97 Å². The first-order valence-corrected chi connectivity index (χ1v) is 9.69. The molecule has 0 fully saturated rings. The number of halogens is 1.